The van der Waals surface area contributed by atoms with Crippen molar-refractivity contribution >= 4 is 17.6 Å². The van der Waals surface area contributed by atoms with Gasteiger partial charge in [0.05, 0.1) is 18.1 Å². The molecule has 2 N–H and O–H groups in total. The number of carbonyl (C=O) groups excluding carboxylic acids is 1. The molecule has 2 bridgehead atoms. The number of para-hydroxylation sites is 1. The third-order valence-electron chi connectivity index (χ3n) is 4.76. The zero-order valence-corrected chi connectivity index (χ0v) is 13.3. The van der Waals surface area contributed by atoms with E-state index in [4.69, 9.17) is 4.74 Å². The van der Waals surface area contributed by atoms with Crippen LogP contribution in [0.3, 0.4) is 0 Å². The molecular weight excluding hydrogens is 318 g/mol. The highest BCUT2D eigenvalue weighted by molar-refractivity contribution is 5.99. The van der Waals surface area contributed by atoms with E-state index < -0.39 is 30.0 Å². The number of ether oxygens (including phenoxy) is 1. The van der Waals surface area contributed by atoms with Crippen molar-refractivity contribution in [2.45, 2.75) is 12.2 Å². The summed E-state index contributed by atoms with van der Waals surface area (Å²) in [5.41, 5.74) is 2.54. The first-order valence-electron chi connectivity index (χ1n) is 8.17. The smallest absolute Gasteiger partial charge is 0.310 e. The monoisotopic (exact) mass is 335 g/mol. The quantitative estimate of drug-likeness (QED) is 0.843. The molecule has 5 nitrogen and oxygen atoms in total. The third-order valence-corrected chi connectivity index (χ3v) is 4.76. The summed E-state index contributed by atoms with van der Waals surface area (Å²) in [5.74, 6) is -2.91. The molecule has 1 fully saturated rings. The van der Waals surface area contributed by atoms with E-state index in [-0.39, 0.29) is 5.91 Å². The van der Waals surface area contributed by atoms with E-state index >= 15 is 0 Å². The van der Waals surface area contributed by atoms with Crippen LogP contribution in [0, 0.1) is 11.8 Å². The Morgan fingerprint density at radius 1 is 0.880 bits per heavy atom. The molecular formula is C20H17NO4. The Morgan fingerprint density at radius 2 is 1.52 bits per heavy atom. The van der Waals surface area contributed by atoms with Crippen molar-refractivity contribution in [2.24, 2.45) is 11.8 Å². The Bertz CT molecular complexity index is 846. The molecule has 2 aliphatic rings. The number of hydrogen-bond donors (Lipinski definition) is 2. The van der Waals surface area contributed by atoms with Crippen LogP contribution < -0.4 is 5.32 Å². The van der Waals surface area contributed by atoms with Crippen LogP contribution in [0.1, 0.15) is 0 Å². The van der Waals surface area contributed by atoms with E-state index in [1.807, 2.05) is 54.6 Å². The lowest BCUT2D eigenvalue weighted by atomic mass is 9.82. The maximum absolute atomic E-state index is 12.8. The fourth-order valence-electron chi connectivity index (χ4n) is 3.59. The average molecular weight is 335 g/mol. The molecule has 0 saturated carbocycles. The second kappa shape index (κ2) is 6.18. The van der Waals surface area contributed by atoms with Gasteiger partial charge in [0.25, 0.3) is 0 Å². The van der Waals surface area contributed by atoms with Crippen LogP contribution >= 0.6 is 0 Å². The molecule has 2 aliphatic heterocycles. The van der Waals surface area contributed by atoms with Crippen LogP contribution in [0.4, 0.5) is 5.69 Å². The van der Waals surface area contributed by atoms with Crippen LogP contribution in [0.15, 0.2) is 66.7 Å². The minimum absolute atomic E-state index is 0.326. The highest BCUT2D eigenvalue weighted by Gasteiger charge is 2.53. The maximum Gasteiger partial charge on any atom is 0.310 e. The van der Waals surface area contributed by atoms with Crippen LogP contribution in [0.2, 0.25) is 0 Å². The summed E-state index contributed by atoms with van der Waals surface area (Å²) >= 11 is 0. The molecule has 4 rings (SSSR count). The summed E-state index contributed by atoms with van der Waals surface area (Å²) in [5, 5.41) is 12.4. The summed E-state index contributed by atoms with van der Waals surface area (Å²) < 4.78 is 5.58. The molecule has 2 aromatic rings. The van der Waals surface area contributed by atoms with Gasteiger partial charge in [-0.2, -0.15) is 0 Å². The Labute approximate surface area is 144 Å². The third kappa shape index (κ3) is 2.72. The second-order valence-electron chi connectivity index (χ2n) is 6.24. The number of carbonyl (C=O) groups is 2. The molecule has 1 amide bonds. The molecule has 25 heavy (non-hydrogen) atoms. The van der Waals surface area contributed by atoms with E-state index in [9.17, 15) is 14.7 Å². The Hall–Kier alpha value is -2.92. The van der Waals surface area contributed by atoms with E-state index in [2.05, 4.69) is 5.32 Å². The number of fused-ring (bicyclic) bond motifs is 2. The molecule has 4 atom stereocenters. The van der Waals surface area contributed by atoms with Crippen molar-refractivity contribution in [1.29, 1.82) is 0 Å². The summed E-state index contributed by atoms with van der Waals surface area (Å²) in [6.07, 6.45) is 2.50. The second-order valence-corrected chi connectivity index (χ2v) is 6.24. The molecule has 5 heteroatoms. The van der Waals surface area contributed by atoms with E-state index in [0.29, 0.717) is 5.69 Å². The molecule has 1 saturated heterocycles. The van der Waals surface area contributed by atoms with Gasteiger partial charge in [0.1, 0.15) is 5.92 Å². The van der Waals surface area contributed by atoms with Gasteiger partial charge in [-0.25, -0.2) is 0 Å². The number of anilines is 1. The molecule has 0 radical (unpaired) electrons. The number of carboxylic acid groups (broad SMARTS) is 1. The van der Waals surface area contributed by atoms with Gasteiger partial charge in [-0.3, -0.25) is 9.59 Å². The number of amides is 1. The number of benzene rings is 2. The zero-order chi connectivity index (χ0) is 17.4. The van der Waals surface area contributed by atoms with Crippen LogP contribution in [0.5, 0.6) is 0 Å². The lowest BCUT2D eigenvalue weighted by molar-refractivity contribution is -0.145. The van der Waals surface area contributed by atoms with Crippen LogP contribution in [0.25, 0.3) is 11.1 Å². The van der Waals surface area contributed by atoms with Crippen molar-refractivity contribution in [3.8, 4) is 11.1 Å². The van der Waals surface area contributed by atoms with Gasteiger partial charge >= 0.3 is 5.97 Å². The molecule has 0 spiro atoms. The average Bonchev–Trinajstić information content (AvgIpc) is 3.24. The maximum atomic E-state index is 12.8. The Kier molecular flexibility index (Phi) is 3.86. The zero-order valence-electron chi connectivity index (χ0n) is 13.3. The fourth-order valence-corrected chi connectivity index (χ4v) is 3.59. The molecule has 2 aromatic carbocycles. The number of aliphatic carboxylic acids is 1. The lowest BCUT2D eigenvalue weighted by Gasteiger charge is -2.21. The first kappa shape index (κ1) is 15.6. The minimum Gasteiger partial charge on any atom is -0.481 e. The Morgan fingerprint density at radius 3 is 2.24 bits per heavy atom. The van der Waals surface area contributed by atoms with Gasteiger partial charge in [-0.15, -0.1) is 0 Å². The van der Waals surface area contributed by atoms with E-state index in [1.165, 1.54) is 0 Å². The normalized spacial score (nSPS) is 26.6. The van der Waals surface area contributed by atoms with Crippen molar-refractivity contribution < 1.29 is 19.4 Å². The topological polar surface area (TPSA) is 75.6 Å². The van der Waals surface area contributed by atoms with Crippen LogP contribution in [-0.2, 0) is 14.3 Å². The van der Waals surface area contributed by atoms with E-state index in [1.54, 1.807) is 12.2 Å². The first-order chi connectivity index (χ1) is 12.1. The summed E-state index contributed by atoms with van der Waals surface area (Å²) in [7, 11) is 0. The van der Waals surface area contributed by atoms with Crippen molar-refractivity contribution in [3.63, 3.8) is 0 Å². The van der Waals surface area contributed by atoms with Crippen LogP contribution in [-0.4, -0.2) is 29.2 Å². The van der Waals surface area contributed by atoms with Gasteiger partial charge in [0.2, 0.25) is 5.91 Å². The van der Waals surface area contributed by atoms with Gasteiger partial charge in [0, 0.05) is 11.3 Å². The fraction of sp³-hybridized carbons (Fsp3) is 0.200. The largest absolute Gasteiger partial charge is 0.481 e. The number of hydrogen-bond acceptors (Lipinski definition) is 3. The molecule has 0 aliphatic carbocycles. The summed E-state index contributed by atoms with van der Waals surface area (Å²) in [6, 6.07) is 17.2. The summed E-state index contributed by atoms with van der Waals surface area (Å²) in [4.78, 5) is 24.4. The highest BCUT2D eigenvalue weighted by atomic mass is 16.5. The van der Waals surface area contributed by atoms with Crippen molar-refractivity contribution in [1.82, 2.24) is 0 Å². The molecule has 126 valence electrons. The predicted molar refractivity (Wildman–Crippen MR) is 92.9 cm³/mol. The Balaban J connectivity index is 1.62. The van der Waals surface area contributed by atoms with Crippen molar-refractivity contribution in [2.75, 3.05) is 5.32 Å². The minimum atomic E-state index is -1.01. The van der Waals surface area contributed by atoms with Gasteiger partial charge in [-0.1, -0.05) is 60.7 Å². The standard InChI is InChI=1S/C20H17NO4/c22-19(17-15-10-11-16(25-15)18(17)20(23)24)21-14-9-5-4-8-13(14)12-6-2-1-3-7-12/h1-11,15-18H,(H,21,22)(H,23,24). The summed E-state index contributed by atoms with van der Waals surface area (Å²) in [6.45, 7) is 0. The first-order valence-corrected chi connectivity index (χ1v) is 8.17. The highest BCUT2D eigenvalue weighted by Crippen LogP contribution is 2.40. The molecule has 4 unspecified atom stereocenters. The van der Waals surface area contributed by atoms with Gasteiger partial charge < -0.3 is 15.2 Å². The SMILES string of the molecule is O=C(O)C1C2C=CC(O2)C1C(=O)Nc1ccccc1-c1ccccc1. The predicted octanol–water partition coefficient (Wildman–Crippen LogP) is 2.95. The lowest BCUT2D eigenvalue weighted by Crippen LogP contribution is -2.39. The van der Waals surface area contributed by atoms with Crippen molar-refractivity contribution in [3.05, 3.63) is 66.7 Å². The number of carboxylic acids is 1. The van der Waals surface area contributed by atoms with E-state index in [0.717, 1.165) is 11.1 Å². The van der Waals surface area contributed by atoms with Gasteiger partial charge in [-0.05, 0) is 11.6 Å². The number of nitrogens with one attached hydrogen (secondary N) is 1. The molecule has 0 aromatic heterocycles. The number of rotatable bonds is 4. The van der Waals surface area contributed by atoms with Gasteiger partial charge in [0.15, 0.2) is 0 Å². The molecule has 2 heterocycles.